The molecule has 2 aliphatic heterocycles. The maximum atomic E-state index is 12.5. The summed E-state index contributed by atoms with van der Waals surface area (Å²) in [6.07, 6.45) is 4.71. The van der Waals surface area contributed by atoms with E-state index in [1.807, 2.05) is 42.5 Å². The molecular formula is C28H37N5O4. The second-order valence-electron chi connectivity index (χ2n) is 11.3. The van der Waals surface area contributed by atoms with Crippen molar-refractivity contribution < 1.29 is 19.0 Å². The molecule has 3 aliphatic rings. The summed E-state index contributed by atoms with van der Waals surface area (Å²) in [5, 5.41) is 8.45. The van der Waals surface area contributed by atoms with Crippen LogP contribution in [0.15, 0.2) is 12.1 Å². The zero-order valence-corrected chi connectivity index (χ0v) is 22.5. The summed E-state index contributed by atoms with van der Waals surface area (Å²) >= 11 is 0. The Balaban J connectivity index is 1.42. The monoisotopic (exact) mass is 507 g/mol. The number of amides is 1. The Morgan fingerprint density at radius 2 is 1.73 bits per heavy atom. The van der Waals surface area contributed by atoms with E-state index in [0.717, 1.165) is 67.1 Å². The molecule has 1 saturated carbocycles. The Morgan fingerprint density at radius 1 is 1.08 bits per heavy atom. The van der Waals surface area contributed by atoms with Crippen LogP contribution in [-0.2, 0) is 4.74 Å². The Kier molecular flexibility index (Phi) is 6.69. The molecule has 2 aromatic rings. The highest BCUT2D eigenvalue weighted by Gasteiger charge is 2.36. The van der Waals surface area contributed by atoms with Crippen molar-refractivity contribution >= 4 is 17.6 Å². The molecule has 9 nitrogen and oxygen atoms in total. The molecule has 1 N–H and O–H groups in total. The number of methoxy groups -OCH3 is 2. The molecule has 1 aromatic carbocycles. The SMILES string of the molecule is [C-]#[N+]c1c(-c2cc(OC)c(C3CC3)c(OC)c2)nn2c1NCCC2C1CCN(C(=O)OC(C)(C)C)CC1. The van der Waals surface area contributed by atoms with E-state index in [4.69, 9.17) is 25.9 Å². The molecule has 1 aliphatic carbocycles. The lowest BCUT2D eigenvalue weighted by molar-refractivity contribution is 0.0157. The van der Waals surface area contributed by atoms with Gasteiger partial charge in [0, 0.05) is 25.2 Å². The molecule has 3 heterocycles. The summed E-state index contributed by atoms with van der Waals surface area (Å²) < 4.78 is 19.1. The number of piperidine rings is 1. The second-order valence-corrected chi connectivity index (χ2v) is 11.3. The van der Waals surface area contributed by atoms with Gasteiger partial charge < -0.3 is 24.4 Å². The molecule has 0 radical (unpaired) electrons. The number of nitrogens with zero attached hydrogens (tertiary/aromatic N) is 4. The highest BCUT2D eigenvalue weighted by Crippen LogP contribution is 2.51. The average molecular weight is 508 g/mol. The number of hydrogen-bond acceptors (Lipinski definition) is 6. The highest BCUT2D eigenvalue weighted by molar-refractivity contribution is 5.86. The van der Waals surface area contributed by atoms with Crippen LogP contribution in [0.4, 0.5) is 16.3 Å². The molecule has 5 rings (SSSR count). The Bertz CT molecular complexity index is 1190. The van der Waals surface area contributed by atoms with Crippen molar-refractivity contribution in [3.63, 3.8) is 0 Å². The third-order valence-electron chi connectivity index (χ3n) is 7.58. The van der Waals surface area contributed by atoms with Crippen LogP contribution < -0.4 is 14.8 Å². The van der Waals surface area contributed by atoms with Crippen molar-refractivity contribution in [2.75, 3.05) is 39.2 Å². The normalized spacial score (nSPS) is 20.0. The Morgan fingerprint density at radius 3 is 2.27 bits per heavy atom. The van der Waals surface area contributed by atoms with E-state index in [-0.39, 0.29) is 12.1 Å². The van der Waals surface area contributed by atoms with Gasteiger partial charge in [-0.25, -0.2) is 9.64 Å². The minimum atomic E-state index is -0.498. The van der Waals surface area contributed by atoms with Gasteiger partial charge in [0.1, 0.15) is 28.6 Å². The van der Waals surface area contributed by atoms with Crippen LogP contribution >= 0.6 is 0 Å². The first-order chi connectivity index (χ1) is 17.7. The van der Waals surface area contributed by atoms with Gasteiger partial charge in [-0.2, -0.15) is 5.10 Å². The molecule has 1 unspecified atom stereocenters. The van der Waals surface area contributed by atoms with Gasteiger partial charge in [-0.1, -0.05) is 0 Å². The van der Waals surface area contributed by atoms with E-state index in [1.165, 1.54) is 0 Å². The molecule has 37 heavy (non-hydrogen) atoms. The van der Waals surface area contributed by atoms with Gasteiger partial charge in [0.25, 0.3) is 5.69 Å². The van der Waals surface area contributed by atoms with E-state index in [9.17, 15) is 4.79 Å². The summed E-state index contributed by atoms with van der Waals surface area (Å²) in [5.41, 5.74) is 2.61. The Labute approximate surface area is 218 Å². The quantitative estimate of drug-likeness (QED) is 0.500. The third kappa shape index (κ3) is 4.94. The maximum absolute atomic E-state index is 12.5. The molecule has 198 valence electrons. The van der Waals surface area contributed by atoms with Crippen molar-refractivity contribution in [1.29, 1.82) is 0 Å². The van der Waals surface area contributed by atoms with Crippen molar-refractivity contribution in [1.82, 2.24) is 14.7 Å². The van der Waals surface area contributed by atoms with Crippen LogP contribution in [0.25, 0.3) is 16.1 Å². The molecule has 1 amide bonds. The number of likely N-dealkylation sites (tertiary alicyclic amines) is 1. The molecule has 0 bridgehead atoms. The van der Waals surface area contributed by atoms with E-state index in [0.29, 0.717) is 36.3 Å². The van der Waals surface area contributed by atoms with Crippen LogP contribution in [0, 0.1) is 12.5 Å². The first-order valence-corrected chi connectivity index (χ1v) is 13.2. The highest BCUT2D eigenvalue weighted by atomic mass is 16.6. The minimum Gasteiger partial charge on any atom is -0.496 e. The van der Waals surface area contributed by atoms with Gasteiger partial charge in [0.2, 0.25) is 0 Å². The summed E-state index contributed by atoms with van der Waals surface area (Å²) in [6, 6.07) is 4.15. The zero-order valence-electron chi connectivity index (χ0n) is 22.5. The summed E-state index contributed by atoms with van der Waals surface area (Å²) in [5.74, 6) is 3.19. The van der Waals surface area contributed by atoms with Crippen molar-refractivity contribution in [3.05, 3.63) is 29.1 Å². The first kappa shape index (κ1) is 25.2. The van der Waals surface area contributed by atoms with Crippen LogP contribution in [0.3, 0.4) is 0 Å². The predicted octanol–water partition coefficient (Wildman–Crippen LogP) is 6.00. The van der Waals surface area contributed by atoms with Gasteiger partial charge >= 0.3 is 6.09 Å². The number of rotatable bonds is 5. The number of fused-ring (bicyclic) bond motifs is 1. The lowest BCUT2D eigenvalue weighted by atomic mass is 9.87. The molecule has 2 fully saturated rings. The molecule has 9 heteroatoms. The van der Waals surface area contributed by atoms with Gasteiger partial charge in [-0.05, 0) is 82.4 Å². The summed E-state index contributed by atoms with van der Waals surface area (Å²) in [4.78, 5) is 18.2. The fourth-order valence-electron chi connectivity index (χ4n) is 5.67. The van der Waals surface area contributed by atoms with Crippen molar-refractivity contribution in [2.24, 2.45) is 5.92 Å². The maximum Gasteiger partial charge on any atom is 0.410 e. The number of benzene rings is 1. The number of carbonyl (C=O) groups excluding carboxylic acids is 1. The topological polar surface area (TPSA) is 82.2 Å². The lowest BCUT2D eigenvalue weighted by Crippen LogP contribution is -2.43. The smallest absolute Gasteiger partial charge is 0.410 e. The molecule has 0 spiro atoms. The number of hydrogen-bond donors (Lipinski definition) is 1. The van der Waals surface area contributed by atoms with Gasteiger partial charge in [0.05, 0.1) is 26.8 Å². The first-order valence-electron chi connectivity index (χ1n) is 13.2. The molecule has 1 atom stereocenters. The van der Waals surface area contributed by atoms with Crippen LogP contribution in [-0.4, -0.2) is 60.2 Å². The molecular weight excluding hydrogens is 470 g/mol. The predicted molar refractivity (Wildman–Crippen MR) is 142 cm³/mol. The minimum absolute atomic E-state index is 0.167. The average Bonchev–Trinajstić information content (AvgIpc) is 3.65. The molecule has 1 aromatic heterocycles. The van der Waals surface area contributed by atoms with Crippen LogP contribution in [0.2, 0.25) is 0 Å². The van der Waals surface area contributed by atoms with Gasteiger partial charge in [-0.15, -0.1) is 0 Å². The lowest BCUT2D eigenvalue weighted by Gasteiger charge is -2.38. The number of anilines is 1. The van der Waals surface area contributed by atoms with Crippen molar-refractivity contribution in [3.8, 4) is 22.8 Å². The summed E-state index contributed by atoms with van der Waals surface area (Å²) in [7, 11) is 3.36. The number of nitrogens with one attached hydrogen (secondary N) is 1. The fourth-order valence-corrected chi connectivity index (χ4v) is 5.67. The largest absolute Gasteiger partial charge is 0.496 e. The van der Waals surface area contributed by atoms with E-state index in [1.54, 1.807) is 14.2 Å². The second kappa shape index (κ2) is 9.81. The standard InChI is InChI=1S/C28H37N5O4/c1-28(2,3)37-27(34)32-13-10-17(11-14-32)20-9-12-30-26-25(29-4)24(31-33(20)26)19-15-21(35-5)23(18-7-8-18)22(16-19)36-6/h15-18,20,30H,7-14H2,1-3,5-6H3. The summed E-state index contributed by atoms with van der Waals surface area (Å²) in [6.45, 7) is 15.8. The number of ether oxygens (including phenoxy) is 3. The van der Waals surface area contributed by atoms with Crippen molar-refractivity contribution in [2.45, 2.75) is 70.4 Å². The van der Waals surface area contributed by atoms with E-state index >= 15 is 0 Å². The van der Waals surface area contributed by atoms with E-state index < -0.39 is 5.60 Å². The van der Waals surface area contributed by atoms with Gasteiger partial charge in [-0.3, -0.25) is 4.68 Å². The number of carbonyl (C=O) groups is 1. The van der Waals surface area contributed by atoms with Gasteiger partial charge in [0.15, 0.2) is 0 Å². The molecule has 1 saturated heterocycles. The third-order valence-corrected chi connectivity index (χ3v) is 7.58. The zero-order chi connectivity index (χ0) is 26.3. The van der Waals surface area contributed by atoms with E-state index in [2.05, 4.69) is 10.2 Å². The van der Waals surface area contributed by atoms with Crippen LogP contribution in [0.5, 0.6) is 11.5 Å². The van der Waals surface area contributed by atoms with Crippen LogP contribution in [0.1, 0.15) is 70.4 Å². The fraction of sp³-hybridized carbons (Fsp3) is 0.607. The Hall–Kier alpha value is -3.41. The number of aromatic nitrogens is 2.